The minimum atomic E-state index is -0.433. The summed E-state index contributed by atoms with van der Waals surface area (Å²) in [6.45, 7) is 2.37. The maximum absolute atomic E-state index is 13.8. The number of methoxy groups -OCH3 is 1. The third-order valence-corrected chi connectivity index (χ3v) is 4.51. The van der Waals surface area contributed by atoms with Crippen LogP contribution in [0.25, 0.3) is 0 Å². The molecule has 7 nitrogen and oxygen atoms in total. The molecule has 0 fully saturated rings. The van der Waals surface area contributed by atoms with Gasteiger partial charge in [0.15, 0.2) is 17.2 Å². The summed E-state index contributed by atoms with van der Waals surface area (Å²) >= 11 is 0. The van der Waals surface area contributed by atoms with Gasteiger partial charge in [-0.05, 0) is 36.8 Å². The standard InChI is InChI=1S/C22H25FN4O3/c1-15-5-7-20(21(9-15)29-4)30-19-8-6-17(23)10-18(19)24-12-22(28)26(2)13-16-11-25-27(3)14-16/h5-11,14,24H,12-13H2,1-4H3. The van der Waals surface area contributed by atoms with Gasteiger partial charge in [-0.25, -0.2) is 4.39 Å². The fraction of sp³-hybridized carbons (Fsp3) is 0.273. The van der Waals surface area contributed by atoms with Crippen molar-refractivity contribution in [3.63, 3.8) is 0 Å². The molecule has 158 valence electrons. The number of nitrogens with one attached hydrogen (secondary N) is 1. The molecule has 2 aromatic carbocycles. The Hall–Kier alpha value is -3.55. The quantitative estimate of drug-likeness (QED) is 0.611. The molecule has 3 rings (SSSR count). The SMILES string of the molecule is COc1cc(C)ccc1Oc1ccc(F)cc1NCC(=O)N(C)Cc1cnn(C)c1. The number of halogens is 1. The molecule has 0 radical (unpaired) electrons. The van der Waals surface area contributed by atoms with Gasteiger partial charge in [0.1, 0.15) is 5.82 Å². The van der Waals surface area contributed by atoms with Crippen LogP contribution in [0.2, 0.25) is 0 Å². The topological polar surface area (TPSA) is 68.6 Å². The monoisotopic (exact) mass is 412 g/mol. The average Bonchev–Trinajstić information content (AvgIpc) is 3.13. The summed E-state index contributed by atoms with van der Waals surface area (Å²) in [5.74, 6) is 0.871. The molecule has 0 aliphatic rings. The van der Waals surface area contributed by atoms with E-state index in [1.165, 1.54) is 18.2 Å². The maximum atomic E-state index is 13.8. The molecule has 0 saturated carbocycles. The predicted molar refractivity (Wildman–Crippen MR) is 112 cm³/mol. The minimum Gasteiger partial charge on any atom is -0.493 e. The zero-order valence-corrected chi connectivity index (χ0v) is 17.5. The van der Waals surface area contributed by atoms with Crippen LogP contribution in [-0.4, -0.2) is 41.3 Å². The van der Waals surface area contributed by atoms with Crippen LogP contribution >= 0.6 is 0 Å². The van der Waals surface area contributed by atoms with Gasteiger partial charge in [0.05, 0.1) is 25.5 Å². The van der Waals surface area contributed by atoms with Crippen molar-refractivity contribution in [1.29, 1.82) is 0 Å². The molecule has 1 aromatic heterocycles. The summed E-state index contributed by atoms with van der Waals surface area (Å²) in [5, 5.41) is 7.07. The number of aromatic nitrogens is 2. The number of anilines is 1. The number of amides is 1. The van der Waals surface area contributed by atoms with Gasteiger partial charge in [0.25, 0.3) is 0 Å². The van der Waals surface area contributed by atoms with Gasteiger partial charge < -0.3 is 19.7 Å². The molecule has 0 bridgehead atoms. The molecule has 0 aliphatic carbocycles. The largest absolute Gasteiger partial charge is 0.493 e. The zero-order valence-electron chi connectivity index (χ0n) is 17.5. The van der Waals surface area contributed by atoms with Crippen LogP contribution in [0, 0.1) is 12.7 Å². The highest BCUT2D eigenvalue weighted by Gasteiger charge is 2.14. The van der Waals surface area contributed by atoms with Crippen LogP contribution < -0.4 is 14.8 Å². The van der Waals surface area contributed by atoms with Gasteiger partial charge in [-0.15, -0.1) is 0 Å². The first-order valence-corrected chi connectivity index (χ1v) is 9.43. The second-order valence-electron chi connectivity index (χ2n) is 7.02. The average molecular weight is 412 g/mol. The van der Waals surface area contributed by atoms with E-state index >= 15 is 0 Å². The number of nitrogens with zero attached hydrogens (tertiary/aromatic N) is 3. The smallest absolute Gasteiger partial charge is 0.241 e. The Balaban J connectivity index is 1.70. The Morgan fingerprint density at radius 1 is 1.20 bits per heavy atom. The number of likely N-dealkylation sites (N-methyl/N-ethyl adjacent to an activating group) is 1. The molecular formula is C22H25FN4O3. The van der Waals surface area contributed by atoms with Crippen LogP contribution in [-0.2, 0) is 18.4 Å². The third kappa shape index (κ3) is 5.28. The summed E-state index contributed by atoms with van der Waals surface area (Å²) in [4.78, 5) is 14.1. The number of carbonyl (C=O) groups is 1. The van der Waals surface area contributed by atoms with Crippen LogP contribution in [0.3, 0.4) is 0 Å². The number of hydrogen-bond acceptors (Lipinski definition) is 5. The van der Waals surface area contributed by atoms with Gasteiger partial charge in [0, 0.05) is 38.5 Å². The molecule has 8 heteroatoms. The van der Waals surface area contributed by atoms with Gasteiger partial charge in [-0.1, -0.05) is 6.07 Å². The van der Waals surface area contributed by atoms with Crippen molar-refractivity contribution in [2.75, 3.05) is 26.0 Å². The normalized spacial score (nSPS) is 10.6. The lowest BCUT2D eigenvalue weighted by Crippen LogP contribution is -2.31. The van der Waals surface area contributed by atoms with Crippen LogP contribution in [0.15, 0.2) is 48.8 Å². The molecule has 0 spiro atoms. The molecule has 1 N–H and O–H groups in total. The van der Waals surface area contributed by atoms with Gasteiger partial charge >= 0.3 is 0 Å². The summed E-state index contributed by atoms with van der Waals surface area (Å²) in [5.41, 5.74) is 2.33. The van der Waals surface area contributed by atoms with Crippen LogP contribution in [0.4, 0.5) is 10.1 Å². The lowest BCUT2D eigenvalue weighted by atomic mass is 10.2. The second kappa shape index (κ2) is 9.30. The number of benzene rings is 2. The van der Waals surface area contributed by atoms with Gasteiger partial charge in [-0.2, -0.15) is 5.10 Å². The Morgan fingerprint density at radius 3 is 2.67 bits per heavy atom. The Labute approximate surface area is 175 Å². The van der Waals surface area contributed by atoms with Gasteiger partial charge in [0.2, 0.25) is 5.91 Å². The highest BCUT2D eigenvalue weighted by molar-refractivity contribution is 5.81. The van der Waals surface area contributed by atoms with E-state index in [2.05, 4.69) is 10.4 Å². The Kier molecular flexibility index (Phi) is 6.56. The predicted octanol–water partition coefficient (Wildman–Crippen LogP) is 3.74. The van der Waals surface area contributed by atoms with Crippen molar-refractivity contribution in [3.8, 4) is 17.2 Å². The third-order valence-electron chi connectivity index (χ3n) is 4.51. The first-order chi connectivity index (χ1) is 14.4. The van der Waals surface area contributed by atoms with Crippen molar-refractivity contribution in [1.82, 2.24) is 14.7 Å². The van der Waals surface area contributed by atoms with E-state index in [0.717, 1.165) is 11.1 Å². The number of carbonyl (C=O) groups excluding carboxylic acids is 1. The lowest BCUT2D eigenvalue weighted by Gasteiger charge is -2.18. The molecule has 0 unspecified atom stereocenters. The van der Waals surface area contributed by atoms with Gasteiger partial charge in [-0.3, -0.25) is 9.48 Å². The molecule has 1 amide bonds. The van der Waals surface area contributed by atoms with Crippen LogP contribution in [0.5, 0.6) is 17.2 Å². The summed E-state index contributed by atoms with van der Waals surface area (Å²) < 4.78 is 26.8. The first kappa shape index (κ1) is 21.2. The first-order valence-electron chi connectivity index (χ1n) is 9.43. The molecule has 0 saturated heterocycles. The van der Waals surface area contributed by atoms with E-state index in [-0.39, 0.29) is 12.5 Å². The summed E-state index contributed by atoms with van der Waals surface area (Å²) in [6, 6.07) is 9.64. The van der Waals surface area contributed by atoms with Crippen molar-refractivity contribution < 1.29 is 18.7 Å². The van der Waals surface area contributed by atoms with E-state index < -0.39 is 5.82 Å². The minimum absolute atomic E-state index is 0.0123. The number of hydrogen-bond donors (Lipinski definition) is 1. The maximum Gasteiger partial charge on any atom is 0.241 e. The Morgan fingerprint density at radius 2 is 1.97 bits per heavy atom. The molecule has 0 aliphatic heterocycles. The van der Waals surface area contributed by atoms with E-state index in [0.29, 0.717) is 29.5 Å². The van der Waals surface area contributed by atoms with E-state index in [1.807, 2.05) is 32.3 Å². The lowest BCUT2D eigenvalue weighted by molar-refractivity contribution is -0.128. The molecular weight excluding hydrogens is 387 g/mol. The molecule has 3 aromatic rings. The van der Waals surface area contributed by atoms with Crippen molar-refractivity contribution in [3.05, 3.63) is 65.7 Å². The van der Waals surface area contributed by atoms with E-state index in [9.17, 15) is 9.18 Å². The summed E-state index contributed by atoms with van der Waals surface area (Å²) in [6.07, 6.45) is 3.56. The van der Waals surface area contributed by atoms with Crippen molar-refractivity contribution in [2.45, 2.75) is 13.5 Å². The van der Waals surface area contributed by atoms with Crippen LogP contribution in [0.1, 0.15) is 11.1 Å². The van der Waals surface area contributed by atoms with Crippen molar-refractivity contribution in [2.24, 2.45) is 7.05 Å². The Bertz CT molecular complexity index is 1030. The molecule has 0 atom stereocenters. The fourth-order valence-corrected chi connectivity index (χ4v) is 2.93. The number of ether oxygens (including phenoxy) is 2. The second-order valence-corrected chi connectivity index (χ2v) is 7.02. The molecule has 1 heterocycles. The van der Waals surface area contributed by atoms with E-state index in [4.69, 9.17) is 9.47 Å². The number of aryl methyl sites for hydroxylation is 2. The zero-order chi connectivity index (χ0) is 21.7. The number of rotatable bonds is 8. The fourth-order valence-electron chi connectivity index (χ4n) is 2.93. The molecule has 30 heavy (non-hydrogen) atoms. The summed E-state index contributed by atoms with van der Waals surface area (Å²) in [7, 11) is 5.08. The van der Waals surface area contributed by atoms with E-state index in [1.54, 1.807) is 36.0 Å². The highest BCUT2D eigenvalue weighted by atomic mass is 19.1. The van der Waals surface area contributed by atoms with Crippen molar-refractivity contribution >= 4 is 11.6 Å². The highest BCUT2D eigenvalue weighted by Crippen LogP contribution is 2.36.